The molecule has 0 atom stereocenters. The standard InChI is InChI=1S/C16H30Ge2N2O8/c21-16(1-2-17-23-9-3-19(4-10-24-17)5-11-25-17)22-15-18-26-12-6-20(7-13-27-18)8-14-28-18/h1-15H2. The quantitative estimate of drug-likeness (QED) is 0.334. The van der Waals surface area contributed by atoms with Crippen molar-refractivity contribution in [2.75, 3.05) is 84.3 Å². The fourth-order valence-electron chi connectivity index (χ4n) is 3.74. The molecule has 0 unspecified atom stereocenters. The molecular weight excluding hydrogens is 493 g/mol. The van der Waals surface area contributed by atoms with E-state index in [0.717, 1.165) is 39.3 Å². The summed E-state index contributed by atoms with van der Waals surface area (Å²) in [7, 11) is 0. The minimum absolute atomic E-state index is 0.108. The Morgan fingerprint density at radius 2 is 1.07 bits per heavy atom. The Bertz CT molecular complexity index is 446. The Morgan fingerprint density at radius 3 is 1.50 bits per heavy atom. The third kappa shape index (κ3) is 5.68. The van der Waals surface area contributed by atoms with Crippen LogP contribution >= 0.6 is 0 Å². The van der Waals surface area contributed by atoms with Crippen LogP contribution in [0.25, 0.3) is 0 Å². The molecular formula is C16H30Ge2N2O8. The van der Waals surface area contributed by atoms with Crippen molar-refractivity contribution in [2.45, 2.75) is 11.7 Å². The van der Waals surface area contributed by atoms with Gasteiger partial charge in [-0.05, 0) is 0 Å². The Balaban J connectivity index is 1.27. The zero-order valence-corrected chi connectivity index (χ0v) is 20.5. The first-order valence-electron chi connectivity index (χ1n) is 10.1. The zero-order valence-electron chi connectivity index (χ0n) is 16.3. The summed E-state index contributed by atoms with van der Waals surface area (Å²) >= 11 is -6.93. The maximum absolute atomic E-state index is 12.4. The van der Waals surface area contributed by atoms with Gasteiger partial charge in [0.05, 0.1) is 0 Å². The van der Waals surface area contributed by atoms with Gasteiger partial charge in [0.15, 0.2) is 0 Å². The van der Waals surface area contributed by atoms with Crippen LogP contribution in [0.5, 0.6) is 0 Å². The van der Waals surface area contributed by atoms with Crippen LogP contribution < -0.4 is 0 Å². The second-order valence-corrected chi connectivity index (χ2v) is 18.3. The molecule has 0 saturated carbocycles. The van der Waals surface area contributed by atoms with E-state index in [-0.39, 0.29) is 17.8 Å². The first-order chi connectivity index (χ1) is 13.7. The first kappa shape index (κ1) is 21.5. The molecule has 6 aliphatic heterocycles. The van der Waals surface area contributed by atoms with Gasteiger partial charge in [-0.2, -0.15) is 0 Å². The molecule has 12 heteroatoms. The van der Waals surface area contributed by atoms with Gasteiger partial charge in [-0.1, -0.05) is 0 Å². The SMILES string of the molecule is O=C(C[CH2][Ge]12[O]CCN(CC[O]1)CC[O]2)O[CH2][Ge]12[O]CCN(CC[O]1)CC[O]2. The minimum atomic E-state index is -3.53. The summed E-state index contributed by atoms with van der Waals surface area (Å²) in [5.41, 5.74) is 0.108. The number of rotatable bonds is 5. The van der Waals surface area contributed by atoms with Crippen LogP contribution in [-0.4, -0.2) is 129 Å². The molecule has 0 amide bonds. The number of fused-ring (bicyclic) bond motifs is 12. The van der Waals surface area contributed by atoms with Crippen molar-refractivity contribution < 1.29 is 32.1 Å². The summed E-state index contributed by atoms with van der Waals surface area (Å²) in [4.78, 5) is 17.0. The summed E-state index contributed by atoms with van der Waals surface area (Å²) < 4.78 is 41.4. The summed E-state index contributed by atoms with van der Waals surface area (Å²) in [6, 6.07) is 0. The molecule has 6 rings (SSSR count). The van der Waals surface area contributed by atoms with Gasteiger partial charge >= 0.3 is 172 Å². The topological polar surface area (TPSA) is 88.2 Å². The molecule has 0 N–H and O–H groups in total. The van der Waals surface area contributed by atoms with Crippen LogP contribution in [0.3, 0.4) is 0 Å². The summed E-state index contributed by atoms with van der Waals surface area (Å²) in [5, 5.41) is 0.483. The van der Waals surface area contributed by atoms with Gasteiger partial charge in [0.1, 0.15) is 0 Å². The molecule has 0 radical (unpaired) electrons. The molecule has 6 saturated heterocycles. The summed E-state index contributed by atoms with van der Waals surface area (Å²) in [6.07, 6.45) is 0.218. The molecule has 6 fully saturated rings. The van der Waals surface area contributed by atoms with E-state index in [1.807, 2.05) is 0 Å². The monoisotopic (exact) mass is 526 g/mol. The number of hydrogen-bond donors (Lipinski definition) is 0. The van der Waals surface area contributed by atoms with E-state index < -0.39 is 28.6 Å². The van der Waals surface area contributed by atoms with E-state index in [1.54, 1.807) is 0 Å². The Hall–Kier alpha value is 0.236. The van der Waals surface area contributed by atoms with Gasteiger partial charge in [0.25, 0.3) is 0 Å². The van der Waals surface area contributed by atoms with Crippen LogP contribution in [0.1, 0.15) is 6.42 Å². The number of hydrogen-bond acceptors (Lipinski definition) is 10. The number of ether oxygens (including phenoxy) is 1. The predicted octanol–water partition coefficient (Wildman–Crippen LogP) is -0.905. The van der Waals surface area contributed by atoms with Crippen LogP contribution in [0.2, 0.25) is 5.25 Å². The summed E-state index contributed by atoms with van der Waals surface area (Å²) in [5.74, 6) is -0.303. The van der Waals surface area contributed by atoms with Crippen molar-refractivity contribution in [3.8, 4) is 0 Å². The second-order valence-electron chi connectivity index (χ2n) is 7.30. The van der Waals surface area contributed by atoms with Crippen LogP contribution in [0.15, 0.2) is 0 Å². The molecule has 160 valence electrons. The Kier molecular flexibility index (Phi) is 7.69. The first-order valence-corrected chi connectivity index (χ1v) is 18.2. The molecule has 0 spiro atoms. The van der Waals surface area contributed by atoms with Crippen LogP contribution in [-0.2, 0) is 32.1 Å². The molecule has 0 aromatic heterocycles. The molecule has 6 aliphatic rings. The van der Waals surface area contributed by atoms with Gasteiger partial charge in [-0.3, -0.25) is 0 Å². The third-order valence-corrected chi connectivity index (χ3v) is 16.4. The van der Waals surface area contributed by atoms with Crippen molar-refractivity contribution >= 4 is 34.5 Å². The molecule has 10 nitrogen and oxygen atoms in total. The van der Waals surface area contributed by atoms with E-state index in [4.69, 9.17) is 27.3 Å². The van der Waals surface area contributed by atoms with Crippen molar-refractivity contribution in [3.63, 3.8) is 0 Å². The molecule has 6 heterocycles. The number of carbonyl (C=O) groups is 1. The molecule has 4 bridgehead atoms. The van der Waals surface area contributed by atoms with Crippen molar-refractivity contribution in [3.05, 3.63) is 0 Å². The van der Waals surface area contributed by atoms with Crippen molar-refractivity contribution in [1.82, 2.24) is 9.80 Å². The van der Waals surface area contributed by atoms with Crippen LogP contribution in [0.4, 0.5) is 0 Å². The van der Waals surface area contributed by atoms with E-state index in [2.05, 4.69) is 9.80 Å². The van der Waals surface area contributed by atoms with E-state index in [1.165, 1.54) is 0 Å². The summed E-state index contributed by atoms with van der Waals surface area (Å²) in [6.45, 7) is 8.75. The number of nitrogens with zero attached hydrogens (tertiary/aromatic N) is 2. The average Bonchev–Trinajstić information content (AvgIpc) is 2.58. The normalized spacial score (nSPS) is 39.1. The van der Waals surface area contributed by atoms with Gasteiger partial charge in [0, 0.05) is 0 Å². The van der Waals surface area contributed by atoms with Crippen molar-refractivity contribution in [1.29, 1.82) is 0 Å². The average molecular weight is 524 g/mol. The van der Waals surface area contributed by atoms with Gasteiger partial charge in [-0.15, -0.1) is 0 Å². The fourth-order valence-corrected chi connectivity index (χ4v) is 13.1. The van der Waals surface area contributed by atoms with Gasteiger partial charge in [0.2, 0.25) is 0 Å². The van der Waals surface area contributed by atoms with Gasteiger partial charge in [-0.25, -0.2) is 0 Å². The second kappa shape index (κ2) is 10.0. The van der Waals surface area contributed by atoms with Crippen LogP contribution in [0, 0.1) is 0 Å². The van der Waals surface area contributed by atoms with Crippen molar-refractivity contribution in [2.24, 2.45) is 0 Å². The number of esters is 1. The zero-order chi connectivity index (χ0) is 19.3. The Labute approximate surface area is 172 Å². The Morgan fingerprint density at radius 1 is 0.679 bits per heavy atom. The maximum atomic E-state index is 12.4. The van der Waals surface area contributed by atoms with E-state index in [0.29, 0.717) is 44.9 Å². The molecule has 0 aliphatic carbocycles. The number of carbonyl (C=O) groups excluding carboxylic acids is 1. The van der Waals surface area contributed by atoms with E-state index >= 15 is 0 Å². The van der Waals surface area contributed by atoms with E-state index in [9.17, 15) is 4.79 Å². The predicted molar refractivity (Wildman–Crippen MR) is 100 cm³/mol. The molecule has 28 heavy (non-hydrogen) atoms. The fraction of sp³-hybridized carbons (Fsp3) is 0.938. The molecule has 0 aromatic carbocycles. The van der Waals surface area contributed by atoms with Gasteiger partial charge < -0.3 is 0 Å². The molecule has 0 aromatic rings. The third-order valence-electron chi connectivity index (χ3n) is 5.42.